The van der Waals surface area contributed by atoms with E-state index in [4.69, 9.17) is 4.74 Å². The quantitative estimate of drug-likeness (QED) is 0.608. The second-order valence-electron chi connectivity index (χ2n) is 5.81. The molecule has 25 heavy (non-hydrogen) atoms. The van der Waals surface area contributed by atoms with Gasteiger partial charge in [-0.05, 0) is 49.4 Å². The summed E-state index contributed by atoms with van der Waals surface area (Å²) in [5.41, 5.74) is 3.20. The van der Waals surface area contributed by atoms with E-state index < -0.39 is 12.1 Å². The average molecular weight is 359 g/mol. The van der Waals surface area contributed by atoms with Crippen molar-refractivity contribution in [1.29, 1.82) is 0 Å². The van der Waals surface area contributed by atoms with Crippen molar-refractivity contribution in [3.63, 3.8) is 0 Å². The van der Waals surface area contributed by atoms with Gasteiger partial charge in [-0.1, -0.05) is 12.1 Å². The Bertz CT molecular complexity index is 768. The molecule has 1 aromatic heterocycles. The number of nitrogens with one attached hydrogen (secondary N) is 1. The number of amides is 1. The van der Waals surface area contributed by atoms with Crippen LogP contribution in [0.2, 0.25) is 0 Å². The van der Waals surface area contributed by atoms with E-state index in [9.17, 15) is 14.4 Å². The number of esters is 1. The molecule has 1 unspecified atom stereocenters. The highest BCUT2D eigenvalue weighted by molar-refractivity contribution is 7.08. The Kier molecular flexibility index (Phi) is 6.47. The molecule has 0 saturated carbocycles. The van der Waals surface area contributed by atoms with Gasteiger partial charge in [-0.3, -0.25) is 14.4 Å². The number of hydrogen-bond donors (Lipinski definition) is 1. The van der Waals surface area contributed by atoms with Crippen LogP contribution in [0.5, 0.6) is 0 Å². The minimum Gasteiger partial charge on any atom is -0.454 e. The summed E-state index contributed by atoms with van der Waals surface area (Å²) in [6, 6.07) is 7.11. The summed E-state index contributed by atoms with van der Waals surface area (Å²) in [6.07, 6.45) is -0.845. The number of ketones is 1. The fraction of sp³-hybridized carbons (Fsp3) is 0.316. The molecule has 1 aromatic carbocycles. The summed E-state index contributed by atoms with van der Waals surface area (Å²) in [5.74, 6) is -0.984. The summed E-state index contributed by atoms with van der Waals surface area (Å²) in [7, 11) is 0. The highest BCUT2D eigenvalue weighted by atomic mass is 32.1. The first-order valence-corrected chi connectivity index (χ1v) is 8.94. The number of carbonyl (C=O) groups is 3. The Balaban J connectivity index is 1.80. The number of rotatable bonds is 7. The van der Waals surface area contributed by atoms with Gasteiger partial charge in [-0.25, -0.2) is 0 Å². The number of benzene rings is 1. The summed E-state index contributed by atoms with van der Waals surface area (Å²) in [6.45, 7) is 5.62. The summed E-state index contributed by atoms with van der Waals surface area (Å²) in [4.78, 5) is 35.9. The van der Waals surface area contributed by atoms with Crippen LogP contribution in [0.3, 0.4) is 0 Å². The van der Waals surface area contributed by atoms with E-state index in [1.54, 1.807) is 30.5 Å². The molecule has 1 amide bonds. The maximum atomic E-state index is 12.3. The van der Waals surface area contributed by atoms with Crippen LogP contribution < -0.4 is 5.32 Å². The SMILES string of the molecule is Cc1ccc(C(=O)C(C)OC(=O)CCNC(=O)c2ccsc2)cc1C. The lowest BCUT2D eigenvalue weighted by Crippen LogP contribution is -2.29. The molecule has 0 fully saturated rings. The zero-order chi connectivity index (χ0) is 18.4. The fourth-order valence-corrected chi connectivity index (χ4v) is 2.85. The van der Waals surface area contributed by atoms with Crippen molar-refractivity contribution in [1.82, 2.24) is 5.32 Å². The Labute approximate surface area is 151 Å². The Morgan fingerprint density at radius 1 is 1.12 bits per heavy atom. The van der Waals surface area contributed by atoms with Crippen LogP contribution in [0.1, 0.15) is 45.2 Å². The van der Waals surface area contributed by atoms with E-state index in [0.29, 0.717) is 11.1 Å². The first-order valence-electron chi connectivity index (χ1n) is 8.00. The number of aryl methyl sites for hydroxylation is 2. The van der Waals surface area contributed by atoms with Crippen LogP contribution in [0, 0.1) is 13.8 Å². The minimum atomic E-state index is -0.859. The van der Waals surface area contributed by atoms with Crippen LogP contribution in [0.4, 0.5) is 0 Å². The number of ether oxygens (including phenoxy) is 1. The summed E-state index contributed by atoms with van der Waals surface area (Å²) in [5, 5.41) is 6.19. The van der Waals surface area contributed by atoms with Crippen LogP contribution in [0.15, 0.2) is 35.0 Å². The number of thiophene rings is 1. The van der Waals surface area contributed by atoms with Crippen molar-refractivity contribution in [2.45, 2.75) is 33.3 Å². The molecule has 2 aromatic rings. The molecular formula is C19H21NO4S. The molecule has 1 atom stereocenters. The van der Waals surface area contributed by atoms with Crippen LogP contribution >= 0.6 is 11.3 Å². The van der Waals surface area contributed by atoms with E-state index in [1.165, 1.54) is 11.3 Å². The van der Waals surface area contributed by atoms with E-state index >= 15 is 0 Å². The van der Waals surface area contributed by atoms with Gasteiger partial charge in [0.25, 0.3) is 5.91 Å². The van der Waals surface area contributed by atoms with Crippen molar-refractivity contribution in [3.05, 3.63) is 57.3 Å². The van der Waals surface area contributed by atoms with E-state index in [-0.39, 0.29) is 24.7 Å². The van der Waals surface area contributed by atoms with Gasteiger partial charge in [0.05, 0.1) is 6.42 Å². The van der Waals surface area contributed by atoms with E-state index in [0.717, 1.165) is 11.1 Å². The third-order valence-electron chi connectivity index (χ3n) is 3.87. The number of Topliss-reactive ketones (excluding diaryl/α,β-unsaturated/α-hetero) is 1. The maximum absolute atomic E-state index is 12.3. The Hall–Kier alpha value is -2.47. The molecule has 1 N–H and O–H groups in total. The molecule has 0 saturated heterocycles. The third-order valence-corrected chi connectivity index (χ3v) is 4.55. The standard InChI is InChI=1S/C19H21NO4S/c1-12-4-5-15(10-13(12)2)18(22)14(3)24-17(21)6-8-20-19(23)16-7-9-25-11-16/h4-5,7,9-11,14H,6,8H2,1-3H3,(H,20,23). The molecule has 0 bridgehead atoms. The highest BCUT2D eigenvalue weighted by Crippen LogP contribution is 2.13. The highest BCUT2D eigenvalue weighted by Gasteiger charge is 2.20. The van der Waals surface area contributed by atoms with Crippen molar-refractivity contribution >= 4 is 29.0 Å². The van der Waals surface area contributed by atoms with Gasteiger partial charge in [0.1, 0.15) is 0 Å². The average Bonchev–Trinajstić information content (AvgIpc) is 3.11. The van der Waals surface area contributed by atoms with Crippen molar-refractivity contribution in [2.24, 2.45) is 0 Å². The smallest absolute Gasteiger partial charge is 0.308 e. The lowest BCUT2D eigenvalue weighted by atomic mass is 10.0. The molecule has 0 aliphatic rings. The van der Waals surface area contributed by atoms with Crippen molar-refractivity contribution < 1.29 is 19.1 Å². The van der Waals surface area contributed by atoms with Crippen molar-refractivity contribution in [3.8, 4) is 0 Å². The van der Waals surface area contributed by atoms with Gasteiger partial charge in [-0.15, -0.1) is 0 Å². The molecule has 1 heterocycles. The Morgan fingerprint density at radius 3 is 2.52 bits per heavy atom. The van der Waals surface area contributed by atoms with Crippen molar-refractivity contribution in [2.75, 3.05) is 6.54 Å². The molecule has 2 rings (SSSR count). The molecule has 6 heteroatoms. The second kappa shape index (κ2) is 8.58. The molecule has 5 nitrogen and oxygen atoms in total. The molecular weight excluding hydrogens is 338 g/mol. The summed E-state index contributed by atoms with van der Waals surface area (Å²) < 4.78 is 5.17. The van der Waals surface area contributed by atoms with E-state index in [1.807, 2.05) is 25.3 Å². The normalized spacial score (nSPS) is 11.6. The van der Waals surface area contributed by atoms with Gasteiger partial charge < -0.3 is 10.1 Å². The fourth-order valence-electron chi connectivity index (χ4n) is 2.21. The largest absolute Gasteiger partial charge is 0.454 e. The first-order chi connectivity index (χ1) is 11.9. The second-order valence-corrected chi connectivity index (χ2v) is 6.59. The van der Waals surface area contributed by atoms with Gasteiger partial charge >= 0.3 is 5.97 Å². The predicted octanol–water partition coefficient (Wildman–Crippen LogP) is 3.30. The molecule has 0 aliphatic carbocycles. The molecule has 0 radical (unpaired) electrons. The lowest BCUT2D eigenvalue weighted by Gasteiger charge is -2.13. The molecule has 132 valence electrons. The predicted molar refractivity (Wildman–Crippen MR) is 97.1 cm³/mol. The zero-order valence-electron chi connectivity index (χ0n) is 14.5. The maximum Gasteiger partial charge on any atom is 0.308 e. The molecule has 0 spiro atoms. The first kappa shape index (κ1) is 18.9. The number of carbonyl (C=O) groups excluding carboxylic acids is 3. The third kappa shape index (κ3) is 5.26. The van der Waals surface area contributed by atoms with Gasteiger partial charge in [0, 0.05) is 23.1 Å². The Morgan fingerprint density at radius 2 is 1.88 bits per heavy atom. The topological polar surface area (TPSA) is 72.5 Å². The van der Waals surface area contributed by atoms with E-state index in [2.05, 4.69) is 5.32 Å². The van der Waals surface area contributed by atoms with Gasteiger partial charge in [0.2, 0.25) is 5.78 Å². The molecule has 0 aliphatic heterocycles. The zero-order valence-corrected chi connectivity index (χ0v) is 15.3. The van der Waals surface area contributed by atoms with Gasteiger partial charge in [-0.2, -0.15) is 11.3 Å². The van der Waals surface area contributed by atoms with Crippen LogP contribution in [-0.2, 0) is 9.53 Å². The van der Waals surface area contributed by atoms with Crippen LogP contribution in [0.25, 0.3) is 0 Å². The summed E-state index contributed by atoms with van der Waals surface area (Å²) >= 11 is 1.43. The minimum absolute atomic E-state index is 0.0143. The number of hydrogen-bond acceptors (Lipinski definition) is 5. The lowest BCUT2D eigenvalue weighted by molar-refractivity contribution is -0.146. The monoisotopic (exact) mass is 359 g/mol. The van der Waals surface area contributed by atoms with Gasteiger partial charge in [0.15, 0.2) is 6.10 Å². The van der Waals surface area contributed by atoms with Crippen LogP contribution in [-0.4, -0.2) is 30.3 Å².